The summed E-state index contributed by atoms with van der Waals surface area (Å²) in [7, 11) is 0. The second kappa shape index (κ2) is 41.1. The number of fused-ring (bicyclic) bond motifs is 1. The number of carbonyl (C=O) groups is 15. The number of aromatic nitrogens is 3. The molecule has 1 saturated heterocycles. The molecule has 4 aromatic rings. The fraction of sp³-hybridized carbons (Fsp3) is 0.522. The molecule has 2 aromatic carbocycles. The third-order valence-electron chi connectivity index (χ3n) is 17.0. The molecule has 5 rings (SSSR count). The third-order valence-corrected chi connectivity index (χ3v) is 17.0. The van der Waals surface area contributed by atoms with Crippen LogP contribution in [-0.4, -0.2) is 235 Å². The fourth-order valence-electron chi connectivity index (χ4n) is 11.0. The lowest BCUT2D eigenvalue weighted by molar-refractivity contribution is -0.146. The number of hydrogen-bond acceptors (Lipinski definition) is 20. The fourth-order valence-corrected chi connectivity index (χ4v) is 11.0. The Morgan fingerprint density at radius 2 is 1.17 bits per heavy atom. The van der Waals surface area contributed by atoms with Crippen molar-refractivity contribution in [2.75, 3.05) is 39.3 Å². The molecule has 2 aromatic heterocycles. The molecule has 104 heavy (non-hydrogen) atoms. The molecule has 0 bridgehead atoms. The lowest BCUT2D eigenvalue weighted by Gasteiger charge is -2.31. The van der Waals surface area contributed by atoms with E-state index in [1.54, 1.807) is 58.2 Å². The van der Waals surface area contributed by atoms with E-state index in [-0.39, 0.29) is 50.8 Å². The Morgan fingerprint density at radius 3 is 1.78 bits per heavy atom. The van der Waals surface area contributed by atoms with Gasteiger partial charge in [-0.25, -0.2) is 9.78 Å². The normalized spacial score (nSPS) is 15.8. The number of rotatable bonds is 42. The summed E-state index contributed by atoms with van der Waals surface area (Å²) in [5, 5.41) is 70.0. The molecule has 37 heteroatoms. The standard InChI is InChI=1S/C67H96N18O19/c1-7-35(4)56(63(99)75-32-52(90)77-48(67(103)104)23-38-17-19-41(87)20-18-38)83-62(98)49-16-12-22-85(49)66(102)47(26-54(92)93)81-60(96)45(24-39-27-71-43-14-9-8-13-42(39)43)80-65(101)55(34(2)3)82-53(91)31-73-50(88)29-72-51(89)30-74-64(100)57(37(6)86)84-61(97)46(25-40-28-70-33-76-40)79-59(95)44(15-10-11-21-68)78-58(94)36(5)69/h8-9,13-14,17-20,27-28,33-37,44-49,55-57,71,86-87H,7,10-12,15-16,21-26,29-32,68-69H2,1-6H3,(H,70,76)(H,72,89)(H,73,88)(H,74,100)(H,75,99)(H,77,90)(H,78,94)(H,79,95)(H,80,101)(H,81,96)(H,82,91)(H,83,98)(H,84,97)(H,92,93)(H,103,104)/t35-,36-,37+,44-,45-,46-,47-,48-,49-,55-,56-,57-/m0/s1. The van der Waals surface area contributed by atoms with Crippen molar-refractivity contribution in [2.24, 2.45) is 23.3 Å². The Kier molecular flexibility index (Phi) is 33.1. The molecule has 0 saturated carbocycles. The number of aliphatic hydroxyl groups is 1. The van der Waals surface area contributed by atoms with Crippen LogP contribution in [0.5, 0.6) is 5.75 Å². The van der Waals surface area contributed by atoms with Crippen LogP contribution in [0.1, 0.15) is 103 Å². The Labute approximate surface area is 598 Å². The number of aliphatic hydroxyl groups excluding tert-OH is 1. The van der Waals surface area contributed by atoms with E-state index in [0.29, 0.717) is 53.5 Å². The molecule has 3 heterocycles. The van der Waals surface area contributed by atoms with Gasteiger partial charge in [-0.2, -0.15) is 0 Å². The number of phenolic OH excluding ortho intramolecular Hbond substituents is 1. The van der Waals surface area contributed by atoms with Crippen LogP contribution in [0.25, 0.3) is 10.9 Å². The maximum atomic E-state index is 14.6. The smallest absolute Gasteiger partial charge is 0.326 e. The van der Waals surface area contributed by atoms with E-state index in [1.807, 2.05) is 0 Å². The summed E-state index contributed by atoms with van der Waals surface area (Å²) in [5.41, 5.74) is 13.3. The van der Waals surface area contributed by atoms with Gasteiger partial charge in [-0.1, -0.05) is 64.4 Å². The largest absolute Gasteiger partial charge is 0.508 e. The van der Waals surface area contributed by atoms with E-state index in [4.69, 9.17) is 11.5 Å². The van der Waals surface area contributed by atoms with Gasteiger partial charge in [0.15, 0.2) is 0 Å². The van der Waals surface area contributed by atoms with Gasteiger partial charge < -0.3 is 111 Å². The number of nitrogens with two attached hydrogens (primary N) is 2. The molecule has 0 unspecified atom stereocenters. The number of carboxylic acid groups (broad SMARTS) is 2. The second-order valence-corrected chi connectivity index (χ2v) is 25.7. The van der Waals surface area contributed by atoms with Crippen LogP contribution in [-0.2, 0) is 91.2 Å². The summed E-state index contributed by atoms with van der Waals surface area (Å²) in [6, 6.07) is -1.42. The number of aromatic hydroxyl groups is 1. The Hall–Kier alpha value is -11.1. The lowest BCUT2D eigenvalue weighted by atomic mass is 9.97. The van der Waals surface area contributed by atoms with Crippen molar-refractivity contribution in [2.45, 2.75) is 172 Å². The maximum absolute atomic E-state index is 14.6. The Bertz CT molecular complexity index is 3660. The van der Waals surface area contributed by atoms with Gasteiger partial charge >= 0.3 is 11.9 Å². The van der Waals surface area contributed by atoms with Crippen LogP contribution in [0, 0.1) is 11.8 Å². The van der Waals surface area contributed by atoms with Crippen LogP contribution in [0.3, 0.4) is 0 Å². The third kappa shape index (κ3) is 26.4. The number of carboxylic acids is 2. The number of nitrogens with one attached hydrogen (secondary N) is 14. The summed E-state index contributed by atoms with van der Waals surface area (Å²) >= 11 is 0. The summed E-state index contributed by atoms with van der Waals surface area (Å²) in [4.78, 5) is 212. The number of phenols is 1. The number of para-hydroxylation sites is 1. The average molecular weight is 1460 g/mol. The van der Waals surface area contributed by atoms with Gasteiger partial charge in [-0.3, -0.25) is 67.1 Å². The highest BCUT2D eigenvalue weighted by atomic mass is 16.4. The molecule has 12 atom stereocenters. The number of amides is 13. The summed E-state index contributed by atoms with van der Waals surface area (Å²) in [5.74, 6) is -15.8. The number of carbonyl (C=O) groups excluding carboxylic acids is 13. The molecule has 0 radical (unpaired) electrons. The second-order valence-electron chi connectivity index (χ2n) is 25.7. The molecule has 13 amide bonds. The van der Waals surface area contributed by atoms with Gasteiger partial charge in [-0.15, -0.1) is 0 Å². The van der Waals surface area contributed by atoms with Crippen LogP contribution in [0.2, 0.25) is 0 Å². The minimum Gasteiger partial charge on any atom is -0.508 e. The number of hydrogen-bond donors (Lipinski definition) is 20. The van der Waals surface area contributed by atoms with Crippen molar-refractivity contribution < 1.29 is 92.3 Å². The van der Waals surface area contributed by atoms with E-state index in [1.165, 1.54) is 50.6 Å². The van der Waals surface area contributed by atoms with Gasteiger partial charge in [0.25, 0.3) is 0 Å². The van der Waals surface area contributed by atoms with Crippen LogP contribution < -0.4 is 75.3 Å². The number of nitrogens with zero attached hydrogens (tertiary/aromatic N) is 2. The van der Waals surface area contributed by atoms with Crippen molar-refractivity contribution in [1.29, 1.82) is 0 Å². The molecular formula is C67H96N18O19. The SMILES string of the molecule is CC[C@H](C)[C@H](NC(=O)[C@@H]1CCCN1C(=O)[C@H](CC(=O)O)NC(=O)[C@H](Cc1c[nH]c2ccccc12)NC(=O)[C@@H](NC(=O)CNC(=O)CNC(=O)CNC(=O)[C@@H](NC(=O)[C@H](Cc1cnc[nH]1)NC(=O)[C@H](CCCCN)NC(=O)[C@H](C)N)[C@@H](C)O)C(C)C)C(=O)NCC(=O)N[C@@H](Cc1ccc(O)cc1)C(=O)O. The first-order valence-electron chi connectivity index (χ1n) is 34.0. The first kappa shape index (κ1) is 83.6. The van der Waals surface area contributed by atoms with Crippen LogP contribution >= 0.6 is 0 Å². The molecule has 22 N–H and O–H groups in total. The molecule has 1 fully saturated rings. The van der Waals surface area contributed by atoms with Crippen molar-refractivity contribution in [3.8, 4) is 5.75 Å². The highest BCUT2D eigenvalue weighted by Gasteiger charge is 2.42. The average Bonchev–Trinajstić information content (AvgIpc) is 1.62. The minimum absolute atomic E-state index is 0.0453. The summed E-state index contributed by atoms with van der Waals surface area (Å²) < 4.78 is 0. The zero-order valence-electron chi connectivity index (χ0n) is 58.6. The van der Waals surface area contributed by atoms with Crippen molar-refractivity contribution in [3.05, 3.63) is 84.1 Å². The minimum atomic E-state index is -1.84. The highest BCUT2D eigenvalue weighted by molar-refractivity contribution is 6.00. The quantitative estimate of drug-likeness (QED) is 0.0185. The summed E-state index contributed by atoms with van der Waals surface area (Å²) in [6.45, 7) is 6.33. The molecule has 1 aliphatic rings. The number of H-pyrrole nitrogens is 2. The monoisotopic (exact) mass is 1460 g/mol. The van der Waals surface area contributed by atoms with Gasteiger partial charge in [0.2, 0.25) is 76.8 Å². The van der Waals surface area contributed by atoms with E-state index in [0.717, 1.165) is 4.90 Å². The molecule has 37 nitrogen and oxygen atoms in total. The van der Waals surface area contributed by atoms with Gasteiger partial charge in [0.05, 0.1) is 51.1 Å². The van der Waals surface area contributed by atoms with E-state index < -0.39 is 200 Å². The van der Waals surface area contributed by atoms with Crippen molar-refractivity contribution in [3.63, 3.8) is 0 Å². The predicted octanol–water partition coefficient (Wildman–Crippen LogP) is -4.92. The number of likely N-dealkylation sites (tertiary alicyclic amines) is 1. The molecule has 568 valence electrons. The number of imidazole rings is 1. The highest BCUT2D eigenvalue weighted by Crippen LogP contribution is 2.23. The Morgan fingerprint density at radius 1 is 0.596 bits per heavy atom. The van der Waals surface area contributed by atoms with Gasteiger partial charge in [0, 0.05) is 54.8 Å². The first-order valence-corrected chi connectivity index (χ1v) is 34.0. The first-order chi connectivity index (χ1) is 49.3. The van der Waals surface area contributed by atoms with Crippen molar-refractivity contribution in [1.82, 2.24) is 83.7 Å². The van der Waals surface area contributed by atoms with Gasteiger partial charge in [0.1, 0.15) is 60.1 Å². The van der Waals surface area contributed by atoms with Gasteiger partial charge in [-0.05, 0) is 93.7 Å². The van der Waals surface area contributed by atoms with E-state index in [9.17, 15) is 92.3 Å². The molecule has 0 aliphatic carbocycles. The number of benzene rings is 2. The predicted molar refractivity (Wildman–Crippen MR) is 371 cm³/mol. The number of unbranched alkanes of at least 4 members (excludes halogenated alkanes) is 1. The molecule has 1 aliphatic heterocycles. The van der Waals surface area contributed by atoms with E-state index >= 15 is 0 Å². The number of aromatic amines is 2. The zero-order valence-corrected chi connectivity index (χ0v) is 58.6. The molecular weight excluding hydrogens is 1360 g/mol. The van der Waals surface area contributed by atoms with Crippen molar-refractivity contribution >= 4 is 99.6 Å². The maximum Gasteiger partial charge on any atom is 0.326 e. The topological polar surface area (TPSA) is 581 Å². The van der Waals surface area contributed by atoms with Crippen LogP contribution in [0.4, 0.5) is 0 Å². The Balaban J connectivity index is 1.19. The summed E-state index contributed by atoms with van der Waals surface area (Å²) in [6.07, 6.45) is 2.82. The lowest BCUT2D eigenvalue weighted by Crippen LogP contribution is -2.60. The zero-order chi connectivity index (χ0) is 76.9. The van der Waals surface area contributed by atoms with E-state index in [2.05, 4.69) is 78.8 Å². The number of aliphatic carboxylic acids is 2. The molecule has 0 spiro atoms. The van der Waals surface area contributed by atoms with Crippen LogP contribution in [0.15, 0.2) is 67.3 Å².